The monoisotopic (exact) mass is 262 g/mol. The molecule has 0 saturated heterocycles. The van der Waals surface area contributed by atoms with Crippen molar-refractivity contribution in [1.29, 1.82) is 0 Å². The second kappa shape index (κ2) is 4.41. The van der Waals surface area contributed by atoms with Gasteiger partial charge in [0.1, 0.15) is 17.1 Å². The number of phenolic OH excluding ortho intramolecular Hbond substituents is 1. The number of rotatable bonds is 2. The van der Waals surface area contributed by atoms with E-state index in [9.17, 15) is 14.3 Å². The third kappa shape index (κ3) is 2.23. The third-order valence-corrected chi connectivity index (χ3v) is 2.13. The van der Waals surface area contributed by atoms with Crippen molar-refractivity contribution in [1.82, 2.24) is 0 Å². The number of benzene rings is 1. The van der Waals surface area contributed by atoms with E-state index in [-0.39, 0.29) is 22.4 Å². The number of phenols is 1. The highest BCUT2D eigenvalue weighted by molar-refractivity contribution is 9.10. The van der Waals surface area contributed by atoms with E-state index < -0.39 is 11.8 Å². The van der Waals surface area contributed by atoms with E-state index in [1.807, 2.05) is 0 Å². The largest absolute Gasteiger partial charge is 0.506 e. The average molecular weight is 263 g/mol. The van der Waals surface area contributed by atoms with Gasteiger partial charge in [-0.2, -0.15) is 0 Å². The van der Waals surface area contributed by atoms with Crippen LogP contribution in [0.15, 0.2) is 16.6 Å². The topological polar surface area (TPSA) is 46.5 Å². The molecule has 1 rings (SSSR count). The van der Waals surface area contributed by atoms with Crippen LogP contribution in [-0.2, 0) is 4.74 Å². The van der Waals surface area contributed by atoms with Gasteiger partial charge in [-0.3, -0.25) is 0 Å². The minimum absolute atomic E-state index is 0.126. The van der Waals surface area contributed by atoms with Crippen LogP contribution >= 0.6 is 15.9 Å². The van der Waals surface area contributed by atoms with Gasteiger partial charge >= 0.3 is 5.97 Å². The second-order valence-corrected chi connectivity index (χ2v) is 3.36. The average Bonchev–Trinajstić information content (AvgIpc) is 2.11. The lowest BCUT2D eigenvalue weighted by atomic mass is 10.2. The van der Waals surface area contributed by atoms with Crippen LogP contribution in [0.3, 0.4) is 0 Å². The summed E-state index contributed by atoms with van der Waals surface area (Å²) >= 11 is 2.92. The van der Waals surface area contributed by atoms with Gasteiger partial charge in [-0.25, -0.2) is 9.18 Å². The predicted octanol–water partition coefficient (Wildman–Crippen LogP) is 2.47. The molecule has 3 nitrogen and oxygen atoms in total. The van der Waals surface area contributed by atoms with Crippen LogP contribution in [0.5, 0.6) is 5.75 Å². The van der Waals surface area contributed by atoms with Gasteiger partial charge in [0.05, 0.1) is 11.1 Å². The molecule has 0 aliphatic carbocycles. The van der Waals surface area contributed by atoms with E-state index in [1.165, 1.54) is 0 Å². The van der Waals surface area contributed by atoms with Crippen molar-refractivity contribution in [3.8, 4) is 5.75 Å². The maximum atomic E-state index is 12.9. The van der Waals surface area contributed by atoms with Gasteiger partial charge in [0.2, 0.25) is 0 Å². The van der Waals surface area contributed by atoms with Gasteiger partial charge in [0.15, 0.2) is 0 Å². The van der Waals surface area contributed by atoms with Crippen LogP contribution < -0.4 is 0 Å². The van der Waals surface area contributed by atoms with Crippen molar-refractivity contribution >= 4 is 21.9 Å². The Kier molecular flexibility index (Phi) is 3.46. The Morgan fingerprint density at radius 1 is 1.64 bits per heavy atom. The summed E-state index contributed by atoms with van der Waals surface area (Å²) in [5, 5.41) is 9.40. The molecule has 0 radical (unpaired) electrons. The van der Waals surface area contributed by atoms with Crippen LogP contribution in [0.2, 0.25) is 0 Å². The molecule has 0 unspecified atom stereocenters. The molecule has 0 aliphatic heterocycles. The first kappa shape index (κ1) is 11.0. The van der Waals surface area contributed by atoms with Gasteiger partial charge < -0.3 is 9.84 Å². The molecule has 0 bridgehead atoms. The van der Waals surface area contributed by atoms with E-state index in [0.717, 1.165) is 12.1 Å². The molecular weight excluding hydrogens is 255 g/mol. The first-order valence-electron chi connectivity index (χ1n) is 3.91. The quantitative estimate of drug-likeness (QED) is 0.834. The Morgan fingerprint density at radius 3 is 2.86 bits per heavy atom. The van der Waals surface area contributed by atoms with Gasteiger partial charge in [-0.15, -0.1) is 0 Å². The van der Waals surface area contributed by atoms with Crippen molar-refractivity contribution in [2.75, 3.05) is 6.61 Å². The highest BCUT2D eigenvalue weighted by atomic mass is 79.9. The van der Waals surface area contributed by atoms with Crippen LogP contribution in [0.1, 0.15) is 17.3 Å². The minimum Gasteiger partial charge on any atom is -0.506 e. The Bertz CT molecular complexity index is 365. The molecule has 0 heterocycles. The maximum Gasteiger partial charge on any atom is 0.342 e. The van der Waals surface area contributed by atoms with E-state index in [1.54, 1.807) is 6.92 Å². The first-order valence-corrected chi connectivity index (χ1v) is 4.70. The summed E-state index contributed by atoms with van der Waals surface area (Å²) in [6, 6.07) is 2.00. The predicted molar refractivity (Wildman–Crippen MR) is 51.7 cm³/mol. The molecular formula is C9H8BrFO3. The molecule has 1 N–H and O–H groups in total. The van der Waals surface area contributed by atoms with Crippen LogP contribution in [-0.4, -0.2) is 17.7 Å². The van der Waals surface area contributed by atoms with E-state index in [0.29, 0.717) is 0 Å². The lowest BCUT2D eigenvalue weighted by molar-refractivity contribution is 0.0522. The minimum atomic E-state index is -0.745. The van der Waals surface area contributed by atoms with E-state index >= 15 is 0 Å². The Balaban J connectivity index is 3.13. The molecule has 0 fully saturated rings. The standard InChI is InChI=1S/C9H8BrFO3/c1-2-14-9(13)6-3-5(11)4-7(10)8(6)12/h3-4,12H,2H2,1H3. The van der Waals surface area contributed by atoms with E-state index in [4.69, 9.17) is 0 Å². The molecule has 0 aliphatic rings. The van der Waals surface area contributed by atoms with Crippen LogP contribution in [0.4, 0.5) is 4.39 Å². The number of aromatic hydroxyl groups is 1. The summed E-state index contributed by atoms with van der Waals surface area (Å²) in [5.74, 6) is -1.67. The lowest BCUT2D eigenvalue weighted by Gasteiger charge is -2.05. The molecule has 0 spiro atoms. The smallest absolute Gasteiger partial charge is 0.342 e. The fourth-order valence-corrected chi connectivity index (χ4v) is 1.36. The SMILES string of the molecule is CCOC(=O)c1cc(F)cc(Br)c1O. The maximum absolute atomic E-state index is 12.9. The first-order chi connectivity index (χ1) is 6.56. The molecule has 1 aromatic rings. The molecule has 1 aromatic carbocycles. The van der Waals surface area contributed by atoms with Crippen molar-refractivity contribution in [3.05, 3.63) is 28.0 Å². The number of hydrogen-bond acceptors (Lipinski definition) is 3. The van der Waals surface area contributed by atoms with Gasteiger partial charge in [-0.1, -0.05) is 0 Å². The zero-order chi connectivity index (χ0) is 10.7. The zero-order valence-electron chi connectivity index (χ0n) is 7.38. The normalized spacial score (nSPS) is 9.93. The Morgan fingerprint density at radius 2 is 2.29 bits per heavy atom. The van der Waals surface area contributed by atoms with Crippen molar-refractivity contribution in [3.63, 3.8) is 0 Å². The Labute approximate surface area is 88.6 Å². The van der Waals surface area contributed by atoms with Crippen molar-refractivity contribution in [2.24, 2.45) is 0 Å². The molecule has 76 valence electrons. The number of carbonyl (C=O) groups is 1. The second-order valence-electron chi connectivity index (χ2n) is 2.50. The highest BCUT2D eigenvalue weighted by Crippen LogP contribution is 2.29. The molecule has 0 aromatic heterocycles. The molecule has 5 heteroatoms. The molecule has 0 atom stereocenters. The molecule has 0 amide bonds. The molecule has 14 heavy (non-hydrogen) atoms. The summed E-state index contributed by atoms with van der Waals surface area (Å²) in [6.45, 7) is 1.80. The summed E-state index contributed by atoms with van der Waals surface area (Å²) in [7, 11) is 0. The van der Waals surface area contributed by atoms with Gasteiger partial charge in [0, 0.05) is 0 Å². The number of ether oxygens (including phenoxy) is 1. The van der Waals surface area contributed by atoms with E-state index in [2.05, 4.69) is 20.7 Å². The summed E-state index contributed by atoms with van der Waals surface area (Å²) < 4.78 is 17.6. The Hall–Kier alpha value is -1.10. The summed E-state index contributed by atoms with van der Waals surface area (Å²) in [6.07, 6.45) is 0. The summed E-state index contributed by atoms with van der Waals surface area (Å²) in [4.78, 5) is 11.2. The summed E-state index contributed by atoms with van der Waals surface area (Å²) in [5.41, 5.74) is -0.182. The lowest BCUT2D eigenvalue weighted by Crippen LogP contribution is -2.05. The molecule has 0 saturated carbocycles. The number of esters is 1. The van der Waals surface area contributed by atoms with Crippen molar-refractivity contribution < 1.29 is 19.0 Å². The number of carbonyl (C=O) groups excluding carboxylic acids is 1. The number of hydrogen-bond donors (Lipinski definition) is 1. The van der Waals surface area contributed by atoms with Gasteiger partial charge in [-0.05, 0) is 35.0 Å². The number of halogens is 2. The fourth-order valence-electron chi connectivity index (χ4n) is 0.930. The van der Waals surface area contributed by atoms with Crippen molar-refractivity contribution in [2.45, 2.75) is 6.92 Å². The highest BCUT2D eigenvalue weighted by Gasteiger charge is 2.16. The van der Waals surface area contributed by atoms with Gasteiger partial charge in [0.25, 0.3) is 0 Å². The van der Waals surface area contributed by atoms with Crippen LogP contribution in [0, 0.1) is 5.82 Å². The van der Waals surface area contributed by atoms with Crippen LogP contribution in [0.25, 0.3) is 0 Å². The third-order valence-electron chi connectivity index (χ3n) is 1.52. The fraction of sp³-hybridized carbons (Fsp3) is 0.222. The zero-order valence-corrected chi connectivity index (χ0v) is 8.97.